The Kier molecular flexibility index (Phi) is 10.6. The van der Waals surface area contributed by atoms with Crippen LogP contribution in [0.2, 0.25) is 0 Å². The van der Waals surface area contributed by atoms with Crippen LogP contribution in [0.4, 0.5) is 28.4 Å². The molecule has 0 radical (unpaired) electrons. The van der Waals surface area contributed by atoms with Gasteiger partial charge < -0.3 is 9.80 Å². The summed E-state index contributed by atoms with van der Waals surface area (Å²) in [4.78, 5) is 5.47. The summed E-state index contributed by atoms with van der Waals surface area (Å²) in [6.07, 6.45) is 3.28. The Morgan fingerprint density at radius 3 is 1.57 bits per heavy atom. The van der Waals surface area contributed by atoms with Crippen molar-refractivity contribution in [2.75, 3.05) is 9.80 Å². The number of benzene rings is 7. The van der Waals surface area contributed by atoms with E-state index in [0.29, 0.717) is 0 Å². The van der Waals surface area contributed by atoms with Crippen LogP contribution in [0.25, 0.3) is 16.8 Å². The molecule has 0 aromatic heterocycles. The molecule has 1 atom stereocenters. The van der Waals surface area contributed by atoms with Crippen molar-refractivity contribution < 1.29 is 0 Å². The lowest BCUT2D eigenvalue weighted by molar-refractivity contribution is 0.332. The van der Waals surface area contributed by atoms with E-state index < -0.39 is 0 Å². The Balaban J connectivity index is 1.21. The largest absolute Gasteiger partial charge is 0.309 e. The minimum atomic E-state index is -0.225. The zero-order valence-corrected chi connectivity index (χ0v) is 48.7. The molecule has 7 aromatic carbocycles. The van der Waals surface area contributed by atoms with Gasteiger partial charge in [0.05, 0.1) is 28.4 Å². The number of fused-ring (bicyclic) bond motifs is 8. The van der Waals surface area contributed by atoms with E-state index in [4.69, 9.17) is 0 Å². The van der Waals surface area contributed by atoms with Gasteiger partial charge in [0.2, 0.25) is 0 Å². The Morgan fingerprint density at radius 2 is 0.973 bits per heavy atom. The number of rotatable bonds is 3. The fourth-order valence-electron chi connectivity index (χ4n) is 14.3. The standard InChI is InChI=1S/C73H82N2/c1-43-35-62-65-63(36-43)75(60-32-29-48(69(8,9)10)38-50(60)44-23-26-46(27-24-44)67(2,3)4)61-42-59-58(72(15,16)55-21-19-20-22-56(55)73(59,17)18)41-52(61)64(65)53-37-45-25-28-47(68(5,6)7)39-51(45)66(53)74(62)49-30-31-54-57(40-49)71(13,14)34-33-70(54,11)12/h19-32,35-36,38-42,64H,33-34,37H2,1-18H3. The van der Waals surface area contributed by atoms with E-state index in [1.807, 2.05) is 0 Å². The Labute approximate surface area is 451 Å². The molecule has 0 saturated carbocycles. The maximum atomic E-state index is 2.74. The van der Waals surface area contributed by atoms with Gasteiger partial charge >= 0.3 is 0 Å². The van der Waals surface area contributed by atoms with E-state index in [9.17, 15) is 0 Å². The third-order valence-corrected chi connectivity index (χ3v) is 19.1. The summed E-state index contributed by atoms with van der Waals surface area (Å²) in [7, 11) is 0. The number of allylic oxidation sites excluding steroid dienone is 1. The van der Waals surface area contributed by atoms with Crippen LogP contribution in [0.5, 0.6) is 0 Å². The Hall–Kier alpha value is -6.12. The summed E-state index contributed by atoms with van der Waals surface area (Å²) in [6, 6.07) is 51.7. The van der Waals surface area contributed by atoms with Gasteiger partial charge in [-0.25, -0.2) is 0 Å². The van der Waals surface area contributed by atoms with Crippen LogP contribution in [0.3, 0.4) is 0 Å². The van der Waals surface area contributed by atoms with Crippen molar-refractivity contribution in [3.8, 4) is 11.1 Å². The first-order chi connectivity index (χ1) is 35.0. The first kappa shape index (κ1) is 49.7. The summed E-state index contributed by atoms with van der Waals surface area (Å²) < 4.78 is 0. The highest BCUT2D eigenvalue weighted by atomic mass is 15.2. The van der Waals surface area contributed by atoms with Crippen molar-refractivity contribution in [2.45, 2.75) is 188 Å². The highest BCUT2D eigenvalue weighted by molar-refractivity contribution is 6.04. The maximum absolute atomic E-state index is 2.74. The van der Waals surface area contributed by atoms with Crippen LogP contribution >= 0.6 is 0 Å². The molecule has 3 aliphatic carbocycles. The second-order valence-corrected chi connectivity index (χ2v) is 29.1. The van der Waals surface area contributed by atoms with Crippen molar-refractivity contribution in [1.82, 2.24) is 0 Å². The summed E-state index contributed by atoms with van der Waals surface area (Å²) in [5.41, 5.74) is 31.2. The molecule has 0 amide bonds. The predicted octanol–water partition coefficient (Wildman–Crippen LogP) is 19.9. The average Bonchev–Trinajstić information content (AvgIpc) is 3.72. The van der Waals surface area contributed by atoms with Crippen LogP contribution in [0.15, 0.2) is 133 Å². The third-order valence-electron chi connectivity index (χ3n) is 19.1. The van der Waals surface area contributed by atoms with E-state index in [0.717, 1.165) is 6.42 Å². The lowest BCUT2D eigenvalue weighted by atomic mass is 9.59. The van der Waals surface area contributed by atoms with Gasteiger partial charge in [0.15, 0.2) is 0 Å². The topological polar surface area (TPSA) is 6.48 Å². The lowest BCUT2D eigenvalue weighted by Gasteiger charge is -2.49. The average molecular weight is 987 g/mol. The van der Waals surface area contributed by atoms with Crippen molar-refractivity contribution in [2.24, 2.45) is 0 Å². The van der Waals surface area contributed by atoms with Gasteiger partial charge in [0, 0.05) is 39.1 Å². The number of hydrogen-bond acceptors (Lipinski definition) is 2. The molecule has 7 aromatic rings. The second kappa shape index (κ2) is 16.0. The number of nitrogens with zero attached hydrogens (tertiary/aromatic N) is 2. The van der Waals surface area contributed by atoms with Crippen molar-refractivity contribution in [3.63, 3.8) is 0 Å². The molecular formula is C73H82N2. The lowest BCUT2D eigenvalue weighted by Crippen LogP contribution is -2.38. The Morgan fingerprint density at radius 1 is 0.440 bits per heavy atom. The fourth-order valence-corrected chi connectivity index (χ4v) is 14.3. The minimum absolute atomic E-state index is 0.0000758. The van der Waals surface area contributed by atoms with E-state index in [2.05, 4.69) is 262 Å². The van der Waals surface area contributed by atoms with Crippen LogP contribution in [0.1, 0.15) is 214 Å². The van der Waals surface area contributed by atoms with Gasteiger partial charge in [-0.2, -0.15) is 0 Å². The van der Waals surface area contributed by atoms with E-state index >= 15 is 0 Å². The van der Waals surface area contributed by atoms with Gasteiger partial charge in [0.25, 0.3) is 0 Å². The molecule has 384 valence electrons. The molecule has 0 fully saturated rings. The number of hydrogen-bond donors (Lipinski definition) is 0. The number of anilines is 5. The maximum Gasteiger partial charge on any atom is 0.0542 e. The highest BCUT2D eigenvalue weighted by Crippen LogP contribution is 2.65. The zero-order chi connectivity index (χ0) is 53.5. The van der Waals surface area contributed by atoms with Crippen LogP contribution in [0, 0.1) is 6.92 Å². The van der Waals surface area contributed by atoms with Crippen LogP contribution in [-0.2, 0) is 44.3 Å². The van der Waals surface area contributed by atoms with Crippen LogP contribution < -0.4 is 9.80 Å². The quantitative estimate of drug-likeness (QED) is 0.174. The minimum Gasteiger partial charge on any atom is -0.309 e. The van der Waals surface area contributed by atoms with Gasteiger partial charge in [-0.3, -0.25) is 0 Å². The van der Waals surface area contributed by atoms with Crippen LogP contribution in [-0.4, -0.2) is 0 Å². The molecule has 12 rings (SSSR count). The molecule has 2 nitrogen and oxygen atoms in total. The molecule has 2 aliphatic heterocycles. The van der Waals surface area contributed by atoms with Crippen molar-refractivity contribution in [1.29, 1.82) is 0 Å². The van der Waals surface area contributed by atoms with Gasteiger partial charge in [-0.05, 0) is 180 Å². The zero-order valence-electron chi connectivity index (χ0n) is 48.7. The molecule has 0 N–H and O–H groups in total. The molecule has 75 heavy (non-hydrogen) atoms. The smallest absolute Gasteiger partial charge is 0.0542 e. The van der Waals surface area contributed by atoms with E-state index in [1.165, 1.54) is 142 Å². The summed E-state index contributed by atoms with van der Waals surface area (Å²) in [5, 5.41) is 0. The molecule has 1 unspecified atom stereocenters. The molecule has 0 spiro atoms. The fraction of sp³-hybridized carbons (Fsp3) is 0.397. The molecule has 2 heterocycles. The first-order valence-electron chi connectivity index (χ1n) is 28.3. The first-order valence-corrected chi connectivity index (χ1v) is 28.3. The number of aryl methyl sites for hydroxylation is 1. The highest BCUT2D eigenvalue weighted by Gasteiger charge is 2.49. The van der Waals surface area contributed by atoms with Gasteiger partial charge in [-0.1, -0.05) is 197 Å². The summed E-state index contributed by atoms with van der Waals surface area (Å²) >= 11 is 0. The normalized spacial score (nSPS) is 19.4. The third kappa shape index (κ3) is 7.45. The predicted molar refractivity (Wildman–Crippen MR) is 321 cm³/mol. The van der Waals surface area contributed by atoms with E-state index in [-0.39, 0.29) is 43.8 Å². The summed E-state index contributed by atoms with van der Waals surface area (Å²) in [6.45, 7) is 43.2. The molecule has 5 aliphatic rings. The molecule has 0 saturated heterocycles. The molecule has 2 heteroatoms. The molecule has 0 bridgehead atoms. The molecular weight excluding hydrogens is 905 g/mol. The van der Waals surface area contributed by atoms with Crippen molar-refractivity contribution >= 4 is 34.1 Å². The SMILES string of the molecule is Cc1cc2c3c(c1)N(c1ccc(C(C)(C)C)cc1-c1ccc(C(C)(C)C)cc1)c1cc4c(cc1C3C1=C(c3cc(C(C)(C)C)ccc3C1)N2c1ccc2c(c1)C(C)(C)CCC2(C)C)C(C)(C)c1ccccc1C4(C)C. The van der Waals surface area contributed by atoms with Gasteiger partial charge in [0.1, 0.15) is 0 Å². The van der Waals surface area contributed by atoms with Crippen molar-refractivity contribution in [3.05, 3.63) is 211 Å². The monoisotopic (exact) mass is 987 g/mol. The van der Waals surface area contributed by atoms with Gasteiger partial charge in [-0.15, -0.1) is 0 Å². The van der Waals surface area contributed by atoms with E-state index in [1.54, 1.807) is 0 Å². The Bertz CT molecular complexity index is 3580. The summed E-state index contributed by atoms with van der Waals surface area (Å²) in [5.74, 6) is 0.0383. The second-order valence-electron chi connectivity index (χ2n) is 29.1.